The number of aliphatic carboxylic acids is 1. The predicted octanol–water partition coefficient (Wildman–Crippen LogP) is 1.76. The molecule has 3 atom stereocenters. The maximum absolute atomic E-state index is 12.0. The van der Waals surface area contributed by atoms with Gasteiger partial charge < -0.3 is 15.2 Å². The lowest BCUT2D eigenvalue weighted by molar-refractivity contribution is -0.144. The highest BCUT2D eigenvalue weighted by Gasteiger charge is 2.30. The number of carboxylic acids is 1. The number of aryl methyl sites for hydroxylation is 1. The summed E-state index contributed by atoms with van der Waals surface area (Å²) in [7, 11) is 0. The Labute approximate surface area is 124 Å². The molecule has 0 saturated carbocycles. The minimum atomic E-state index is -1.01. The minimum Gasteiger partial charge on any atom is -0.480 e. The Morgan fingerprint density at radius 3 is 2.62 bits per heavy atom. The Morgan fingerprint density at radius 2 is 2.05 bits per heavy atom. The monoisotopic (exact) mass is 291 g/mol. The highest BCUT2D eigenvalue weighted by molar-refractivity contribution is 5.86. The Hall–Kier alpha value is -1.88. The lowest BCUT2D eigenvalue weighted by Crippen LogP contribution is -2.45. The Bertz CT molecular complexity index is 488. The first-order chi connectivity index (χ1) is 10.1. The number of carbonyl (C=O) groups is 2. The molecule has 1 aliphatic heterocycles. The van der Waals surface area contributed by atoms with Gasteiger partial charge in [-0.05, 0) is 38.2 Å². The molecule has 3 unspecified atom stereocenters. The Morgan fingerprint density at radius 1 is 1.33 bits per heavy atom. The molecule has 2 rings (SSSR count). The molecule has 0 aromatic heterocycles. The van der Waals surface area contributed by atoms with Crippen molar-refractivity contribution in [1.82, 2.24) is 5.32 Å². The van der Waals surface area contributed by atoms with E-state index in [1.807, 2.05) is 37.3 Å². The van der Waals surface area contributed by atoms with Gasteiger partial charge in [0.15, 0.2) is 0 Å². The zero-order chi connectivity index (χ0) is 15.2. The normalized spacial score (nSPS) is 22.7. The van der Waals surface area contributed by atoms with Crippen LogP contribution in [-0.2, 0) is 20.7 Å². The molecule has 21 heavy (non-hydrogen) atoms. The quantitative estimate of drug-likeness (QED) is 0.837. The van der Waals surface area contributed by atoms with Gasteiger partial charge in [-0.2, -0.15) is 0 Å². The molecule has 1 aliphatic rings. The summed E-state index contributed by atoms with van der Waals surface area (Å²) in [5.74, 6) is -1.33. The highest BCUT2D eigenvalue weighted by Crippen LogP contribution is 2.19. The average Bonchev–Trinajstić information content (AvgIpc) is 2.90. The van der Waals surface area contributed by atoms with Crippen LogP contribution in [-0.4, -0.2) is 35.2 Å². The van der Waals surface area contributed by atoms with Crippen molar-refractivity contribution in [3.05, 3.63) is 35.9 Å². The van der Waals surface area contributed by atoms with Gasteiger partial charge in [0.25, 0.3) is 0 Å². The number of ether oxygens (including phenoxy) is 1. The van der Waals surface area contributed by atoms with Gasteiger partial charge in [0.1, 0.15) is 12.1 Å². The lowest BCUT2D eigenvalue weighted by atomic mass is 10.0. The van der Waals surface area contributed by atoms with Gasteiger partial charge in [0.05, 0.1) is 6.10 Å². The van der Waals surface area contributed by atoms with Gasteiger partial charge in [0, 0.05) is 0 Å². The van der Waals surface area contributed by atoms with Crippen LogP contribution in [0.25, 0.3) is 0 Å². The molecule has 5 heteroatoms. The van der Waals surface area contributed by atoms with E-state index in [0.29, 0.717) is 19.3 Å². The maximum Gasteiger partial charge on any atom is 0.326 e. The standard InChI is InChI=1S/C16H21NO4/c1-11-7-10-14(21-11)15(18)17-13(16(19)20)9-8-12-5-3-2-4-6-12/h2-6,11,13-14H,7-10H2,1H3,(H,17,18)(H,19,20). The van der Waals surface area contributed by atoms with E-state index < -0.39 is 18.1 Å². The molecular weight excluding hydrogens is 270 g/mol. The van der Waals surface area contributed by atoms with Crippen LogP contribution in [0.1, 0.15) is 31.7 Å². The molecule has 1 saturated heterocycles. The molecule has 1 fully saturated rings. The number of nitrogens with one attached hydrogen (secondary N) is 1. The summed E-state index contributed by atoms with van der Waals surface area (Å²) in [4.78, 5) is 23.3. The SMILES string of the molecule is CC1CCC(C(=O)NC(CCc2ccccc2)C(=O)O)O1. The third kappa shape index (κ3) is 4.56. The first kappa shape index (κ1) is 15.5. The first-order valence-electron chi connectivity index (χ1n) is 7.29. The summed E-state index contributed by atoms with van der Waals surface area (Å²) in [5.41, 5.74) is 1.06. The fourth-order valence-electron chi connectivity index (χ4n) is 2.47. The molecule has 1 aromatic rings. The van der Waals surface area contributed by atoms with E-state index >= 15 is 0 Å². The van der Waals surface area contributed by atoms with Crippen molar-refractivity contribution in [3.8, 4) is 0 Å². The van der Waals surface area contributed by atoms with Gasteiger partial charge in [0.2, 0.25) is 5.91 Å². The molecule has 5 nitrogen and oxygen atoms in total. The summed E-state index contributed by atoms with van der Waals surface area (Å²) >= 11 is 0. The second-order valence-corrected chi connectivity index (χ2v) is 5.44. The number of hydrogen-bond donors (Lipinski definition) is 2. The van der Waals surface area contributed by atoms with Gasteiger partial charge in [-0.3, -0.25) is 4.79 Å². The zero-order valence-corrected chi connectivity index (χ0v) is 12.1. The van der Waals surface area contributed by atoms with Crippen molar-refractivity contribution in [3.63, 3.8) is 0 Å². The van der Waals surface area contributed by atoms with E-state index in [1.54, 1.807) is 0 Å². The molecule has 0 aliphatic carbocycles. The maximum atomic E-state index is 12.0. The fraction of sp³-hybridized carbons (Fsp3) is 0.500. The van der Waals surface area contributed by atoms with Crippen molar-refractivity contribution < 1.29 is 19.4 Å². The van der Waals surface area contributed by atoms with Crippen LogP contribution in [0.4, 0.5) is 0 Å². The highest BCUT2D eigenvalue weighted by atomic mass is 16.5. The minimum absolute atomic E-state index is 0.0633. The van der Waals surface area contributed by atoms with Crippen LogP contribution >= 0.6 is 0 Å². The van der Waals surface area contributed by atoms with Crippen LogP contribution in [0.2, 0.25) is 0 Å². The van der Waals surface area contributed by atoms with E-state index in [1.165, 1.54) is 0 Å². The average molecular weight is 291 g/mol. The number of amides is 1. The Kier molecular flexibility index (Phi) is 5.33. The molecule has 1 aromatic carbocycles. The number of carboxylic acid groups (broad SMARTS) is 1. The van der Waals surface area contributed by atoms with Crippen LogP contribution in [0.15, 0.2) is 30.3 Å². The summed E-state index contributed by atoms with van der Waals surface area (Å²) in [6.45, 7) is 1.91. The third-order valence-corrected chi connectivity index (χ3v) is 3.70. The van der Waals surface area contributed by atoms with E-state index in [4.69, 9.17) is 4.74 Å². The summed E-state index contributed by atoms with van der Waals surface area (Å²) < 4.78 is 5.46. The lowest BCUT2D eigenvalue weighted by Gasteiger charge is -2.17. The molecule has 2 N–H and O–H groups in total. The number of rotatable bonds is 6. The Balaban J connectivity index is 1.87. The van der Waals surface area contributed by atoms with Gasteiger partial charge >= 0.3 is 5.97 Å². The fourth-order valence-corrected chi connectivity index (χ4v) is 2.47. The smallest absolute Gasteiger partial charge is 0.326 e. The second-order valence-electron chi connectivity index (χ2n) is 5.44. The summed E-state index contributed by atoms with van der Waals surface area (Å²) in [6.07, 6.45) is 2.01. The molecule has 114 valence electrons. The summed E-state index contributed by atoms with van der Waals surface area (Å²) in [5, 5.41) is 11.8. The predicted molar refractivity (Wildman–Crippen MR) is 77.9 cm³/mol. The van der Waals surface area contributed by atoms with E-state index in [2.05, 4.69) is 5.32 Å². The van der Waals surface area contributed by atoms with Crippen LogP contribution < -0.4 is 5.32 Å². The topological polar surface area (TPSA) is 75.6 Å². The van der Waals surface area contributed by atoms with E-state index in [9.17, 15) is 14.7 Å². The van der Waals surface area contributed by atoms with Gasteiger partial charge in [-0.15, -0.1) is 0 Å². The largest absolute Gasteiger partial charge is 0.480 e. The van der Waals surface area contributed by atoms with E-state index in [-0.39, 0.29) is 12.0 Å². The van der Waals surface area contributed by atoms with Crippen LogP contribution in [0, 0.1) is 0 Å². The van der Waals surface area contributed by atoms with Gasteiger partial charge in [-0.1, -0.05) is 30.3 Å². The van der Waals surface area contributed by atoms with Crippen molar-refractivity contribution in [2.45, 2.75) is 50.9 Å². The molecule has 0 radical (unpaired) electrons. The van der Waals surface area contributed by atoms with Crippen molar-refractivity contribution in [1.29, 1.82) is 0 Å². The first-order valence-corrected chi connectivity index (χ1v) is 7.29. The van der Waals surface area contributed by atoms with Crippen LogP contribution in [0.5, 0.6) is 0 Å². The molecule has 0 spiro atoms. The molecule has 1 heterocycles. The zero-order valence-electron chi connectivity index (χ0n) is 12.1. The van der Waals surface area contributed by atoms with E-state index in [0.717, 1.165) is 12.0 Å². The molecule has 1 amide bonds. The van der Waals surface area contributed by atoms with Crippen LogP contribution in [0.3, 0.4) is 0 Å². The molecule has 0 bridgehead atoms. The third-order valence-electron chi connectivity index (χ3n) is 3.70. The number of hydrogen-bond acceptors (Lipinski definition) is 3. The van der Waals surface area contributed by atoms with Gasteiger partial charge in [-0.25, -0.2) is 4.79 Å². The second kappa shape index (κ2) is 7.22. The number of benzene rings is 1. The van der Waals surface area contributed by atoms with Crippen molar-refractivity contribution in [2.24, 2.45) is 0 Å². The number of carbonyl (C=O) groups excluding carboxylic acids is 1. The van der Waals surface area contributed by atoms with Crippen molar-refractivity contribution in [2.75, 3.05) is 0 Å². The van der Waals surface area contributed by atoms with Crippen molar-refractivity contribution >= 4 is 11.9 Å². The molecular formula is C16H21NO4. The summed E-state index contributed by atoms with van der Waals surface area (Å²) in [6, 6.07) is 8.76.